The number of anilines is 4. The van der Waals surface area contributed by atoms with Gasteiger partial charge in [0.05, 0.1) is 0 Å². The molecule has 0 saturated carbocycles. The van der Waals surface area contributed by atoms with Crippen molar-refractivity contribution in [2.75, 3.05) is 74.5 Å². The van der Waals surface area contributed by atoms with E-state index in [2.05, 4.69) is 20.4 Å². The normalized spacial score (nSPS) is 12.7. The molecule has 200 valence electrons. The maximum Gasteiger partial charge on any atom is 0.0341 e. The first kappa shape index (κ1) is 40.5. The highest BCUT2D eigenvalue weighted by Gasteiger charge is 2.15. The van der Waals surface area contributed by atoms with Gasteiger partial charge < -0.3 is 31.9 Å². The largest absolute Gasteiger partial charge is 0.399 e. The quantitative estimate of drug-likeness (QED) is 0.219. The summed E-state index contributed by atoms with van der Waals surface area (Å²) in [6, 6.07) is 15.9. The van der Waals surface area contributed by atoms with Crippen LogP contribution >= 0.6 is 74.4 Å². The summed E-state index contributed by atoms with van der Waals surface area (Å²) < 4.78 is 0. The molecule has 2 aromatic rings. The molecule has 34 heavy (non-hydrogen) atoms. The van der Waals surface area contributed by atoms with Gasteiger partial charge in [0.1, 0.15) is 0 Å². The molecule has 1 aliphatic heterocycles. The summed E-state index contributed by atoms with van der Waals surface area (Å²) in [6.07, 6.45) is 2.33. The van der Waals surface area contributed by atoms with Crippen LogP contribution in [-0.4, -0.2) is 62.2 Å². The maximum absolute atomic E-state index is 5.71. The third-order valence-corrected chi connectivity index (χ3v) is 5.25. The minimum atomic E-state index is 0. The molecular weight excluding hydrogens is 561 g/mol. The van der Waals surface area contributed by atoms with Crippen LogP contribution in [0.1, 0.15) is 12.8 Å². The zero-order valence-electron chi connectivity index (χ0n) is 19.2. The molecule has 0 radical (unpaired) electrons. The van der Waals surface area contributed by atoms with Gasteiger partial charge >= 0.3 is 0 Å². The summed E-state index contributed by atoms with van der Waals surface area (Å²) in [7, 11) is 0. The van der Waals surface area contributed by atoms with E-state index < -0.39 is 0 Å². The molecule has 0 amide bonds. The standard InChI is InChI=1S/C22H34N6.6ClH/c23-19-3-7-21(8-4-19)25-11-1-13-27-15-17-28(18-16-27)14-2-12-26-22-9-5-20(24)6-10-22;;;;;;/h3-10,25-26H,1-2,11-18,23-24H2;6*1H. The van der Waals surface area contributed by atoms with Crippen LogP contribution in [0.25, 0.3) is 0 Å². The molecule has 3 rings (SSSR count). The number of nitrogens with two attached hydrogens (primary N) is 2. The predicted molar refractivity (Wildman–Crippen MR) is 164 cm³/mol. The second-order valence-electron chi connectivity index (χ2n) is 7.49. The first-order valence-electron chi connectivity index (χ1n) is 10.3. The van der Waals surface area contributed by atoms with E-state index in [9.17, 15) is 0 Å². The Morgan fingerprint density at radius 3 is 1.12 bits per heavy atom. The molecule has 1 saturated heterocycles. The number of hydrogen-bond acceptors (Lipinski definition) is 6. The Kier molecular flexibility index (Phi) is 27.1. The van der Waals surface area contributed by atoms with Crippen molar-refractivity contribution in [1.82, 2.24) is 9.80 Å². The van der Waals surface area contributed by atoms with Gasteiger partial charge in [-0.25, -0.2) is 0 Å². The number of halogens is 6. The molecule has 12 heteroatoms. The van der Waals surface area contributed by atoms with E-state index in [1.165, 1.54) is 26.2 Å². The van der Waals surface area contributed by atoms with E-state index in [4.69, 9.17) is 11.5 Å². The number of rotatable bonds is 10. The Balaban J connectivity index is -0.000000750. The van der Waals surface area contributed by atoms with Crippen molar-refractivity contribution >= 4 is 97.2 Å². The Bertz CT molecular complexity index is 639. The Hall–Kier alpha value is -0.700. The minimum absolute atomic E-state index is 0. The van der Waals surface area contributed by atoms with Gasteiger partial charge in [-0.15, -0.1) is 74.4 Å². The number of nitrogens with zero attached hydrogens (tertiary/aromatic N) is 2. The summed E-state index contributed by atoms with van der Waals surface area (Å²) >= 11 is 0. The van der Waals surface area contributed by atoms with Gasteiger partial charge in [-0.1, -0.05) is 0 Å². The van der Waals surface area contributed by atoms with Gasteiger partial charge in [0, 0.05) is 62.0 Å². The second-order valence-corrected chi connectivity index (χ2v) is 7.49. The van der Waals surface area contributed by atoms with Crippen molar-refractivity contribution in [3.63, 3.8) is 0 Å². The van der Waals surface area contributed by atoms with Crippen molar-refractivity contribution in [1.29, 1.82) is 0 Å². The van der Waals surface area contributed by atoms with Crippen molar-refractivity contribution < 1.29 is 0 Å². The highest BCUT2D eigenvalue weighted by molar-refractivity contribution is 5.86. The van der Waals surface area contributed by atoms with Gasteiger partial charge in [-0.05, 0) is 74.5 Å². The lowest BCUT2D eigenvalue weighted by Gasteiger charge is -2.34. The smallest absolute Gasteiger partial charge is 0.0341 e. The molecule has 0 aromatic heterocycles. The predicted octanol–water partition coefficient (Wildman–Crippen LogP) is 5.30. The van der Waals surface area contributed by atoms with E-state index in [1.54, 1.807) is 0 Å². The van der Waals surface area contributed by atoms with Gasteiger partial charge in [-0.3, -0.25) is 0 Å². The van der Waals surface area contributed by atoms with Gasteiger partial charge in [0.25, 0.3) is 0 Å². The fraction of sp³-hybridized carbons (Fsp3) is 0.455. The van der Waals surface area contributed by atoms with E-state index in [0.29, 0.717) is 0 Å². The molecule has 0 aliphatic carbocycles. The van der Waals surface area contributed by atoms with E-state index in [0.717, 1.165) is 61.8 Å². The van der Waals surface area contributed by atoms with E-state index >= 15 is 0 Å². The minimum Gasteiger partial charge on any atom is -0.399 e. The SMILES string of the molecule is Cl.Cl.Cl.Cl.Cl.Cl.Nc1ccc(NCCCN2CCN(CCCNc3ccc(N)cc3)CC2)cc1. The first-order chi connectivity index (χ1) is 13.7. The highest BCUT2D eigenvalue weighted by atomic mass is 35.5. The summed E-state index contributed by atoms with van der Waals surface area (Å²) in [6.45, 7) is 9.02. The maximum atomic E-state index is 5.71. The van der Waals surface area contributed by atoms with Crippen LogP contribution in [0.5, 0.6) is 0 Å². The Morgan fingerprint density at radius 2 is 0.824 bits per heavy atom. The summed E-state index contributed by atoms with van der Waals surface area (Å²) in [5, 5.41) is 6.93. The van der Waals surface area contributed by atoms with Crippen LogP contribution in [-0.2, 0) is 0 Å². The molecule has 6 N–H and O–H groups in total. The summed E-state index contributed by atoms with van der Waals surface area (Å²) in [5.41, 5.74) is 15.3. The Labute approximate surface area is 241 Å². The topological polar surface area (TPSA) is 82.6 Å². The number of benzene rings is 2. The average Bonchev–Trinajstić information content (AvgIpc) is 2.72. The number of nitrogens with one attached hydrogen (secondary N) is 2. The van der Waals surface area contributed by atoms with Gasteiger partial charge in [0.2, 0.25) is 0 Å². The average molecular weight is 601 g/mol. The second kappa shape index (κ2) is 22.7. The lowest BCUT2D eigenvalue weighted by atomic mass is 10.2. The van der Waals surface area contributed by atoms with Crippen molar-refractivity contribution in [2.24, 2.45) is 0 Å². The van der Waals surface area contributed by atoms with Crippen LogP contribution in [0.15, 0.2) is 48.5 Å². The van der Waals surface area contributed by atoms with Crippen LogP contribution < -0.4 is 22.1 Å². The molecule has 6 nitrogen and oxygen atoms in total. The lowest BCUT2D eigenvalue weighted by Crippen LogP contribution is -2.47. The fourth-order valence-corrected chi connectivity index (χ4v) is 3.51. The van der Waals surface area contributed by atoms with Crippen LogP contribution in [0, 0.1) is 0 Å². The fourth-order valence-electron chi connectivity index (χ4n) is 3.51. The van der Waals surface area contributed by atoms with Gasteiger partial charge in [-0.2, -0.15) is 0 Å². The van der Waals surface area contributed by atoms with Crippen molar-refractivity contribution in [3.8, 4) is 0 Å². The van der Waals surface area contributed by atoms with E-state index in [-0.39, 0.29) is 74.4 Å². The third-order valence-electron chi connectivity index (χ3n) is 5.25. The Morgan fingerprint density at radius 1 is 0.529 bits per heavy atom. The van der Waals surface area contributed by atoms with Crippen LogP contribution in [0.4, 0.5) is 22.7 Å². The molecule has 0 atom stereocenters. The zero-order chi connectivity index (χ0) is 19.6. The molecule has 2 aromatic carbocycles. The summed E-state index contributed by atoms with van der Waals surface area (Å²) in [5.74, 6) is 0. The summed E-state index contributed by atoms with van der Waals surface area (Å²) in [4.78, 5) is 5.15. The van der Waals surface area contributed by atoms with Gasteiger partial charge in [0.15, 0.2) is 0 Å². The zero-order valence-corrected chi connectivity index (χ0v) is 24.1. The first-order valence-corrected chi connectivity index (χ1v) is 10.3. The molecular formula is C22H40Cl6N6. The molecule has 0 unspecified atom stereocenters. The van der Waals surface area contributed by atoms with Crippen molar-refractivity contribution in [2.45, 2.75) is 12.8 Å². The number of nitrogen functional groups attached to an aromatic ring is 2. The molecule has 1 aliphatic rings. The highest BCUT2D eigenvalue weighted by Crippen LogP contribution is 2.12. The van der Waals surface area contributed by atoms with Crippen molar-refractivity contribution in [3.05, 3.63) is 48.5 Å². The molecule has 1 heterocycles. The van der Waals surface area contributed by atoms with Crippen LogP contribution in [0.3, 0.4) is 0 Å². The van der Waals surface area contributed by atoms with E-state index in [1.807, 2.05) is 48.5 Å². The number of piperazine rings is 1. The third kappa shape index (κ3) is 15.3. The lowest BCUT2D eigenvalue weighted by molar-refractivity contribution is 0.132. The molecule has 1 fully saturated rings. The van der Waals surface area contributed by atoms with Crippen LogP contribution in [0.2, 0.25) is 0 Å². The molecule has 0 bridgehead atoms. The monoisotopic (exact) mass is 598 g/mol. The molecule has 0 spiro atoms. The number of hydrogen-bond donors (Lipinski definition) is 4.